The summed E-state index contributed by atoms with van der Waals surface area (Å²) < 4.78 is 2.96. The lowest BCUT2D eigenvalue weighted by Gasteiger charge is -2.04. The van der Waals surface area contributed by atoms with Gasteiger partial charge in [0.2, 0.25) is 5.82 Å². The van der Waals surface area contributed by atoms with Gasteiger partial charge in [0, 0.05) is 18.9 Å². The zero-order valence-corrected chi connectivity index (χ0v) is 9.58. The molecule has 0 amide bonds. The fourth-order valence-corrected chi connectivity index (χ4v) is 1.50. The fraction of sp³-hybridized carbons (Fsp3) is 0.400. The van der Waals surface area contributed by atoms with E-state index in [4.69, 9.17) is 5.73 Å². The van der Waals surface area contributed by atoms with Gasteiger partial charge in [0.05, 0.1) is 6.54 Å². The van der Waals surface area contributed by atoms with Crippen LogP contribution in [0.1, 0.15) is 19.2 Å². The molecule has 0 radical (unpaired) electrons. The first-order chi connectivity index (χ1) is 8.26. The molecule has 2 aromatic rings. The Kier molecular flexibility index (Phi) is 3.29. The lowest BCUT2D eigenvalue weighted by atomic mass is 10.4. The van der Waals surface area contributed by atoms with Crippen molar-refractivity contribution < 1.29 is 0 Å². The van der Waals surface area contributed by atoms with Crippen molar-refractivity contribution in [2.24, 2.45) is 5.73 Å². The number of aryl methyl sites for hydroxylation is 1. The van der Waals surface area contributed by atoms with Gasteiger partial charge in [-0.05, 0) is 6.42 Å². The van der Waals surface area contributed by atoms with Crippen molar-refractivity contribution in [1.82, 2.24) is 24.3 Å². The van der Waals surface area contributed by atoms with Crippen molar-refractivity contribution in [2.75, 3.05) is 0 Å². The largest absolute Gasteiger partial charge is 0.324 e. The fourth-order valence-electron chi connectivity index (χ4n) is 1.50. The average Bonchev–Trinajstić information content (AvgIpc) is 2.80. The van der Waals surface area contributed by atoms with Crippen LogP contribution in [0.25, 0.3) is 5.82 Å². The zero-order valence-electron chi connectivity index (χ0n) is 9.58. The van der Waals surface area contributed by atoms with Crippen molar-refractivity contribution in [3.05, 3.63) is 34.9 Å². The minimum atomic E-state index is -0.178. The maximum atomic E-state index is 12.0. The topological polar surface area (TPSA) is 91.6 Å². The Labute approximate surface area is 97.9 Å². The summed E-state index contributed by atoms with van der Waals surface area (Å²) in [6.45, 7) is 2.91. The first-order valence-electron chi connectivity index (χ1n) is 5.42. The summed E-state index contributed by atoms with van der Waals surface area (Å²) in [5, 5.41) is 4.07. The summed E-state index contributed by atoms with van der Waals surface area (Å²) >= 11 is 0. The molecule has 17 heavy (non-hydrogen) atoms. The summed E-state index contributed by atoms with van der Waals surface area (Å²) in [6.07, 6.45) is 5.57. The second kappa shape index (κ2) is 4.88. The first kappa shape index (κ1) is 11.5. The number of rotatable bonds is 4. The van der Waals surface area contributed by atoms with Gasteiger partial charge in [-0.3, -0.25) is 4.79 Å². The smallest absolute Gasteiger partial charge is 0.295 e. The van der Waals surface area contributed by atoms with E-state index in [0.717, 1.165) is 6.42 Å². The predicted octanol–water partition coefficient (Wildman–Crippen LogP) is -0.307. The summed E-state index contributed by atoms with van der Waals surface area (Å²) in [7, 11) is 0. The van der Waals surface area contributed by atoms with E-state index in [2.05, 4.69) is 15.1 Å². The van der Waals surface area contributed by atoms with Gasteiger partial charge in [-0.25, -0.2) is 9.97 Å². The summed E-state index contributed by atoms with van der Waals surface area (Å²) in [5.41, 5.74) is 5.24. The van der Waals surface area contributed by atoms with Crippen LogP contribution in [-0.4, -0.2) is 24.3 Å². The van der Waals surface area contributed by atoms with E-state index >= 15 is 0 Å². The summed E-state index contributed by atoms with van der Waals surface area (Å²) in [6, 6.07) is 0. The van der Waals surface area contributed by atoms with Crippen LogP contribution in [0.3, 0.4) is 0 Å². The highest BCUT2D eigenvalue weighted by molar-refractivity contribution is 5.15. The van der Waals surface area contributed by atoms with Crippen LogP contribution in [-0.2, 0) is 13.1 Å². The quantitative estimate of drug-likeness (QED) is 0.783. The summed E-state index contributed by atoms with van der Waals surface area (Å²) in [4.78, 5) is 20.0. The lowest BCUT2D eigenvalue weighted by molar-refractivity contribution is 0.635. The molecule has 2 heterocycles. The predicted molar refractivity (Wildman–Crippen MR) is 61.6 cm³/mol. The molecule has 0 atom stereocenters. The molecule has 0 aliphatic carbocycles. The lowest BCUT2D eigenvalue weighted by Crippen LogP contribution is -2.25. The third-order valence-electron chi connectivity index (χ3n) is 2.30. The highest BCUT2D eigenvalue weighted by Crippen LogP contribution is 1.96. The zero-order chi connectivity index (χ0) is 12.3. The van der Waals surface area contributed by atoms with Crippen molar-refractivity contribution in [2.45, 2.75) is 26.4 Å². The van der Waals surface area contributed by atoms with Crippen LogP contribution in [0.5, 0.6) is 0 Å². The molecule has 0 saturated carbocycles. The Morgan fingerprint density at radius 1 is 1.41 bits per heavy atom. The molecular formula is C10H14N6O. The standard InChI is InChI=1S/C10H14N6O/c1-2-4-15-5-3-12-9(10(15)17)16-7-13-8(6-11)14-16/h3,5,7H,2,4,6,11H2,1H3. The van der Waals surface area contributed by atoms with Gasteiger partial charge in [0.25, 0.3) is 5.56 Å². The average molecular weight is 234 g/mol. The molecule has 0 aromatic carbocycles. The Morgan fingerprint density at radius 3 is 2.88 bits per heavy atom. The van der Waals surface area contributed by atoms with Gasteiger partial charge in [-0.15, -0.1) is 5.10 Å². The van der Waals surface area contributed by atoms with Crippen LogP contribution in [0.2, 0.25) is 0 Å². The van der Waals surface area contributed by atoms with Gasteiger partial charge in [0.15, 0.2) is 5.82 Å². The molecule has 7 heteroatoms. The number of hydrogen-bond donors (Lipinski definition) is 1. The minimum absolute atomic E-state index is 0.178. The molecule has 0 unspecified atom stereocenters. The van der Waals surface area contributed by atoms with E-state index in [1.54, 1.807) is 17.0 Å². The van der Waals surface area contributed by atoms with Crippen LogP contribution in [0, 0.1) is 0 Å². The maximum absolute atomic E-state index is 12.0. The molecular weight excluding hydrogens is 220 g/mol. The van der Waals surface area contributed by atoms with Crippen molar-refractivity contribution in [3.63, 3.8) is 0 Å². The normalized spacial score (nSPS) is 10.7. The first-order valence-corrected chi connectivity index (χ1v) is 5.42. The van der Waals surface area contributed by atoms with Gasteiger partial charge in [-0.2, -0.15) is 4.68 Å². The highest BCUT2D eigenvalue weighted by Gasteiger charge is 2.08. The number of aromatic nitrogens is 5. The van der Waals surface area contributed by atoms with Crippen LogP contribution in [0.4, 0.5) is 0 Å². The number of hydrogen-bond acceptors (Lipinski definition) is 5. The molecule has 0 spiro atoms. The van der Waals surface area contributed by atoms with E-state index < -0.39 is 0 Å². The number of nitrogens with two attached hydrogens (primary N) is 1. The molecule has 2 aromatic heterocycles. The minimum Gasteiger partial charge on any atom is -0.324 e. The molecule has 0 bridgehead atoms. The molecule has 0 fully saturated rings. The molecule has 0 aliphatic rings. The third kappa shape index (κ3) is 2.23. The van der Waals surface area contributed by atoms with E-state index in [9.17, 15) is 4.79 Å². The Hall–Kier alpha value is -2.02. The molecule has 0 saturated heterocycles. The van der Waals surface area contributed by atoms with Gasteiger partial charge in [-0.1, -0.05) is 6.92 Å². The van der Waals surface area contributed by atoms with Crippen LogP contribution >= 0.6 is 0 Å². The van der Waals surface area contributed by atoms with E-state index in [1.165, 1.54) is 11.0 Å². The molecule has 7 nitrogen and oxygen atoms in total. The van der Waals surface area contributed by atoms with Crippen LogP contribution < -0.4 is 11.3 Å². The molecule has 0 aliphatic heterocycles. The van der Waals surface area contributed by atoms with Crippen molar-refractivity contribution >= 4 is 0 Å². The molecule has 2 rings (SSSR count). The van der Waals surface area contributed by atoms with E-state index in [1.807, 2.05) is 6.92 Å². The maximum Gasteiger partial charge on any atom is 0.295 e. The van der Waals surface area contributed by atoms with Crippen LogP contribution in [0.15, 0.2) is 23.5 Å². The van der Waals surface area contributed by atoms with Crippen molar-refractivity contribution in [1.29, 1.82) is 0 Å². The summed E-state index contributed by atoms with van der Waals surface area (Å²) in [5.74, 6) is 0.727. The second-order valence-corrected chi connectivity index (χ2v) is 3.56. The number of nitrogens with zero attached hydrogens (tertiary/aromatic N) is 5. The Morgan fingerprint density at radius 2 is 2.24 bits per heavy atom. The third-order valence-corrected chi connectivity index (χ3v) is 2.30. The van der Waals surface area contributed by atoms with Crippen molar-refractivity contribution in [3.8, 4) is 5.82 Å². The monoisotopic (exact) mass is 234 g/mol. The van der Waals surface area contributed by atoms with Gasteiger partial charge < -0.3 is 10.3 Å². The van der Waals surface area contributed by atoms with E-state index in [0.29, 0.717) is 12.4 Å². The van der Waals surface area contributed by atoms with Gasteiger partial charge in [0.1, 0.15) is 6.33 Å². The second-order valence-electron chi connectivity index (χ2n) is 3.56. The Balaban J connectivity index is 2.45. The molecule has 90 valence electrons. The highest BCUT2D eigenvalue weighted by atomic mass is 16.1. The Bertz CT molecular complexity index is 558. The SMILES string of the molecule is CCCn1ccnc(-n2cnc(CN)n2)c1=O. The van der Waals surface area contributed by atoms with E-state index in [-0.39, 0.29) is 17.9 Å². The van der Waals surface area contributed by atoms with Gasteiger partial charge >= 0.3 is 0 Å². The molecule has 2 N–H and O–H groups in total.